The predicted octanol–water partition coefficient (Wildman–Crippen LogP) is 5.17. The molecule has 0 bridgehead atoms. The Balaban J connectivity index is 1.63. The molecule has 0 unspecified atom stereocenters. The average Bonchev–Trinajstić information content (AvgIpc) is 3.33. The molecule has 1 saturated carbocycles. The van der Waals surface area contributed by atoms with Crippen molar-refractivity contribution in [3.05, 3.63) is 82.4 Å². The molecule has 1 N–H and O–H groups in total. The summed E-state index contributed by atoms with van der Waals surface area (Å²) >= 11 is 0. The van der Waals surface area contributed by atoms with Crippen molar-refractivity contribution < 1.29 is 14.1 Å². The van der Waals surface area contributed by atoms with Gasteiger partial charge in [0.1, 0.15) is 17.3 Å². The van der Waals surface area contributed by atoms with E-state index in [9.17, 15) is 14.9 Å². The minimum atomic E-state index is -0.479. The maximum Gasteiger partial charge on any atom is 0.293 e. The molecule has 160 valence electrons. The van der Waals surface area contributed by atoms with Gasteiger partial charge in [-0.05, 0) is 49.2 Å². The molecule has 1 aliphatic carbocycles. The van der Waals surface area contributed by atoms with Crippen molar-refractivity contribution in [3.63, 3.8) is 0 Å². The van der Waals surface area contributed by atoms with Crippen LogP contribution in [-0.2, 0) is 6.54 Å². The summed E-state index contributed by atoms with van der Waals surface area (Å²) < 4.78 is 5.27. The number of benzene rings is 1. The summed E-state index contributed by atoms with van der Waals surface area (Å²) in [5, 5.41) is 14.7. The molecule has 0 aliphatic heterocycles. The van der Waals surface area contributed by atoms with E-state index in [0.717, 1.165) is 32.1 Å². The van der Waals surface area contributed by atoms with Gasteiger partial charge in [0.2, 0.25) is 0 Å². The molecule has 31 heavy (non-hydrogen) atoms. The zero-order chi connectivity index (χ0) is 21.6. The number of hydrogen-bond donors (Lipinski definition) is 1. The highest BCUT2D eigenvalue weighted by molar-refractivity contribution is 6.06. The minimum Gasteiger partial charge on any atom is -0.467 e. The Morgan fingerprint density at radius 3 is 2.68 bits per heavy atom. The molecular weight excluding hydrogens is 396 g/mol. The van der Waals surface area contributed by atoms with Gasteiger partial charge in [0.25, 0.3) is 11.6 Å². The van der Waals surface area contributed by atoms with Crippen molar-refractivity contribution in [1.82, 2.24) is 4.98 Å². The summed E-state index contributed by atoms with van der Waals surface area (Å²) in [5.41, 5.74) is 0.452. The Labute approximate surface area is 180 Å². The summed E-state index contributed by atoms with van der Waals surface area (Å²) in [6.45, 7) is 0.309. The first-order valence-corrected chi connectivity index (χ1v) is 10.4. The first kappa shape index (κ1) is 20.6. The number of nitro benzene ring substituents is 1. The highest BCUT2D eigenvalue weighted by atomic mass is 16.6. The fraction of sp³-hybridized carbons (Fsp3) is 0.304. The van der Waals surface area contributed by atoms with Crippen molar-refractivity contribution in [2.45, 2.75) is 44.7 Å². The zero-order valence-electron chi connectivity index (χ0n) is 17.1. The van der Waals surface area contributed by atoms with Crippen LogP contribution < -0.4 is 10.2 Å². The second kappa shape index (κ2) is 9.42. The lowest BCUT2D eigenvalue weighted by molar-refractivity contribution is -0.384. The highest BCUT2D eigenvalue weighted by Gasteiger charge is 2.30. The van der Waals surface area contributed by atoms with Gasteiger partial charge in [-0.2, -0.15) is 0 Å². The van der Waals surface area contributed by atoms with E-state index in [2.05, 4.69) is 10.3 Å². The third kappa shape index (κ3) is 4.74. The van der Waals surface area contributed by atoms with Gasteiger partial charge in [-0.3, -0.25) is 19.8 Å². The lowest BCUT2D eigenvalue weighted by Gasteiger charge is -2.33. The largest absolute Gasteiger partial charge is 0.467 e. The van der Waals surface area contributed by atoms with Gasteiger partial charge in [-0.25, -0.2) is 4.98 Å². The Morgan fingerprint density at radius 2 is 2.00 bits per heavy atom. The van der Waals surface area contributed by atoms with Crippen LogP contribution in [0.1, 0.15) is 48.2 Å². The molecule has 3 aromatic rings. The normalized spacial score (nSPS) is 14.2. The van der Waals surface area contributed by atoms with Crippen LogP contribution in [0.15, 0.2) is 65.4 Å². The number of carbonyl (C=O) groups excluding carboxylic acids is 1. The van der Waals surface area contributed by atoms with Crippen LogP contribution in [-0.4, -0.2) is 21.9 Å². The van der Waals surface area contributed by atoms with Crippen LogP contribution in [0.25, 0.3) is 0 Å². The first-order valence-electron chi connectivity index (χ1n) is 10.4. The van der Waals surface area contributed by atoms with E-state index < -0.39 is 4.92 Å². The number of amides is 1. The minimum absolute atomic E-state index is 0.0342. The number of furan rings is 1. The number of pyridine rings is 1. The van der Waals surface area contributed by atoms with Gasteiger partial charge < -0.3 is 9.73 Å². The number of nitrogens with one attached hydrogen (secondary N) is 1. The summed E-state index contributed by atoms with van der Waals surface area (Å²) in [6, 6.07) is 13.6. The number of nitrogens with zero attached hydrogens (tertiary/aromatic N) is 3. The molecule has 0 atom stereocenters. The Bertz CT molecular complexity index is 1030. The molecular formula is C23H24N4O4. The average molecular weight is 420 g/mol. The van der Waals surface area contributed by atoms with Gasteiger partial charge in [0, 0.05) is 23.9 Å². The number of nitro groups is 1. The molecule has 0 spiro atoms. The van der Waals surface area contributed by atoms with Crippen LogP contribution in [0.2, 0.25) is 0 Å². The summed E-state index contributed by atoms with van der Waals surface area (Å²) in [5.74, 6) is 0.960. The van der Waals surface area contributed by atoms with Crippen LogP contribution >= 0.6 is 0 Å². The van der Waals surface area contributed by atoms with Gasteiger partial charge in [0.15, 0.2) is 0 Å². The SMILES string of the molecule is O=C(c1ccc(NCc2ccco2)c([N+](=O)[O-])c1)N(c1ccccn1)C1CCCCC1. The topological polar surface area (TPSA) is 102 Å². The van der Waals surface area contributed by atoms with Crippen molar-refractivity contribution in [2.24, 2.45) is 0 Å². The number of rotatable bonds is 7. The van der Waals surface area contributed by atoms with Crippen LogP contribution in [0.3, 0.4) is 0 Å². The van der Waals surface area contributed by atoms with Crippen molar-refractivity contribution in [1.29, 1.82) is 0 Å². The maximum atomic E-state index is 13.5. The molecule has 8 heteroatoms. The molecule has 1 aromatic carbocycles. The lowest BCUT2D eigenvalue weighted by Crippen LogP contribution is -2.42. The van der Waals surface area contributed by atoms with E-state index in [1.165, 1.54) is 6.07 Å². The van der Waals surface area contributed by atoms with Crippen LogP contribution in [0.4, 0.5) is 17.2 Å². The first-order chi connectivity index (χ1) is 15.1. The number of anilines is 2. The van der Waals surface area contributed by atoms with Gasteiger partial charge in [-0.15, -0.1) is 0 Å². The molecule has 1 amide bonds. The van der Waals surface area contributed by atoms with E-state index in [0.29, 0.717) is 23.8 Å². The Morgan fingerprint density at radius 1 is 1.16 bits per heavy atom. The third-order valence-corrected chi connectivity index (χ3v) is 5.53. The number of carbonyl (C=O) groups is 1. The van der Waals surface area contributed by atoms with E-state index in [4.69, 9.17) is 4.42 Å². The molecule has 2 aromatic heterocycles. The fourth-order valence-electron chi connectivity index (χ4n) is 3.99. The van der Waals surface area contributed by atoms with E-state index in [1.807, 2.05) is 6.07 Å². The highest BCUT2D eigenvalue weighted by Crippen LogP contribution is 2.31. The Kier molecular flexibility index (Phi) is 6.26. The Hall–Kier alpha value is -3.68. The predicted molar refractivity (Wildman–Crippen MR) is 117 cm³/mol. The molecule has 8 nitrogen and oxygen atoms in total. The molecule has 0 saturated heterocycles. The quantitative estimate of drug-likeness (QED) is 0.418. The molecule has 4 rings (SSSR count). The molecule has 0 radical (unpaired) electrons. The van der Waals surface area contributed by atoms with Crippen LogP contribution in [0.5, 0.6) is 0 Å². The zero-order valence-corrected chi connectivity index (χ0v) is 17.1. The third-order valence-electron chi connectivity index (χ3n) is 5.53. The monoisotopic (exact) mass is 420 g/mol. The second-order valence-corrected chi connectivity index (χ2v) is 7.58. The number of hydrogen-bond acceptors (Lipinski definition) is 6. The van der Waals surface area contributed by atoms with E-state index in [1.54, 1.807) is 53.8 Å². The molecule has 2 heterocycles. The van der Waals surface area contributed by atoms with Gasteiger partial charge in [0.05, 0.1) is 17.7 Å². The summed E-state index contributed by atoms with van der Waals surface area (Å²) in [7, 11) is 0. The number of aromatic nitrogens is 1. The summed E-state index contributed by atoms with van der Waals surface area (Å²) in [6.07, 6.45) is 8.25. The van der Waals surface area contributed by atoms with Crippen molar-refractivity contribution in [3.8, 4) is 0 Å². The fourth-order valence-corrected chi connectivity index (χ4v) is 3.99. The molecule has 1 aliphatic rings. The van der Waals surface area contributed by atoms with Gasteiger partial charge in [-0.1, -0.05) is 25.3 Å². The smallest absolute Gasteiger partial charge is 0.293 e. The van der Waals surface area contributed by atoms with E-state index in [-0.39, 0.29) is 23.2 Å². The van der Waals surface area contributed by atoms with Gasteiger partial charge >= 0.3 is 0 Å². The maximum absolute atomic E-state index is 13.5. The summed E-state index contributed by atoms with van der Waals surface area (Å²) in [4.78, 5) is 30.8. The standard InChI is InChI=1S/C23H24N4O4/c28-23(26(18-7-2-1-3-8-18)22-10-4-5-13-24-22)17-11-12-20(21(15-17)27(29)30)25-16-19-9-6-14-31-19/h4-6,9-15,18,25H,1-3,7-8,16H2. The van der Waals surface area contributed by atoms with Crippen LogP contribution in [0, 0.1) is 10.1 Å². The molecule has 1 fully saturated rings. The second-order valence-electron chi connectivity index (χ2n) is 7.58. The van der Waals surface area contributed by atoms with E-state index >= 15 is 0 Å². The lowest BCUT2D eigenvalue weighted by atomic mass is 9.93. The van der Waals surface area contributed by atoms with Crippen molar-refractivity contribution in [2.75, 3.05) is 10.2 Å². The van der Waals surface area contributed by atoms with Crippen molar-refractivity contribution >= 4 is 23.1 Å².